The lowest BCUT2D eigenvalue weighted by Crippen LogP contribution is -2.40. The molecular formula is C20H21N3O4S. The van der Waals surface area contributed by atoms with Crippen molar-refractivity contribution >= 4 is 33.4 Å². The molecule has 3 aromatic rings. The van der Waals surface area contributed by atoms with E-state index in [1.54, 1.807) is 4.90 Å². The van der Waals surface area contributed by atoms with Gasteiger partial charge in [-0.3, -0.25) is 9.59 Å². The fourth-order valence-electron chi connectivity index (χ4n) is 3.73. The molecule has 8 heteroatoms. The van der Waals surface area contributed by atoms with Crippen molar-refractivity contribution in [2.45, 2.75) is 13.3 Å². The van der Waals surface area contributed by atoms with Crippen molar-refractivity contribution in [3.05, 3.63) is 47.0 Å². The number of thiophene rings is 1. The van der Waals surface area contributed by atoms with Crippen LogP contribution in [0.15, 0.2) is 36.4 Å². The first-order chi connectivity index (χ1) is 13.4. The van der Waals surface area contributed by atoms with Crippen molar-refractivity contribution < 1.29 is 19.4 Å². The van der Waals surface area contributed by atoms with Crippen LogP contribution in [0.1, 0.15) is 21.8 Å². The van der Waals surface area contributed by atoms with Crippen molar-refractivity contribution in [2.24, 2.45) is 5.41 Å². The summed E-state index contributed by atoms with van der Waals surface area (Å²) in [5, 5.41) is 15.2. The zero-order valence-electron chi connectivity index (χ0n) is 15.7. The fraction of sp³-hybridized carbons (Fsp3) is 0.350. The smallest absolute Gasteiger partial charge is 0.313 e. The van der Waals surface area contributed by atoms with Gasteiger partial charge in [-0.05, 0) is 31.5 Å². The van der Waals surface area contributed by atoms with Crippen LogP contribution in [0.4, 0.5) is 0 Å². The number of aliphatic carboxylic acids is 1. The van der Waals surface area contributed by atoms with Gasteiger partial charge in [0, 0.05) is 25.6 Å². The molecule has 1 saturated heterocycles. The highest BCUT2D eigenvalue weighted by Gasteiger charge is 2.46. The van der Waals surface area contributed by atoms with Gasteiger partial charge in [0.05, 0.1) is 22.9 Å². The number of aryl methyl sites for hydroxylation is 1. The highest BCUT2D eigenvalue weighted by Crippen LogP contribution is 2.35. The van der Waals surface area contributed by atoms with Gasteiger partial charge >= 0.3 is 5.97 Å². The van der Waals surface area contributed by atoms with Gasteiger partial charge < -0.3 is 14.7 Å². The van der Waals surface area contributed by atoms with Gasteiger partial charge in [0.2, 0.25) is 0 Å². The lowest BCUT2D eigenvalue weighted by molar-refractivity contribution is -0.151. The molecule has 1 fully saturated rings. The number of likely N-dealkylation sites (tertiary alicyclic amines) is 1. The predicted octanol–water partition coefficient (Wildman–Crippen LogP) is 2.96. The van der Waals surface area contributed by atoms with Crippen LogP contribution in [0.25, 0.3) is 15.9 Å². The van der Waals surface area contributed by atoms with Gasteiger partial charge in [0.15, 0.2) is 0 Å². The van der Waals surface area contributed by atoms with E-state index in [2.05, 4.69) is 5.10 Å². The molecule has 1 unspecified atom stereocenters. The number of amides is 1. The van der Waals surface area contributed by atoms with Crippen LogP contribution >= 0.6 is 11.3 Å². The minimum absolute atomic E-state index is 0.0978. The van der Waals surface area contributed by atoms with Crippen molar-refractivity contribution in [2.75, 3.05) is 26.8 Å². The minimum atomic E-state index is -1.03. The molecule has 4 rings (SSSR count). The molecule has 28 heavy (non-hydrogen) atoms. The van der Waals surface area contributed by atoms with E-state index in [-0.39, 0.29) is 19.1 Å². The van der Waals surface area contributed by atoms with Crippen LogP contribution in [0.3, 0.4) is 0 Å². The zero-order valence-corrected chi connectivity index (χ0v) is 16.5. The molecule has 2 aromatic heterocycles. The summed E-state index contributed by atoms with van der Waals surface area (Å²) in [5.74, 6) is -1.06. The van der Waals surface area contributed by atoms with E-state index >= 15 is 0 Å². The molecule has 1 aliphatic heterocycles. The molecule has 1 amide bonds. The second-order valence-electron chi connectivity index (χ2n) is 7.16. The number of carboxylic acid groups (broad SMARTS) is 1. The quantitative estimate of drug-likeness (QED) is 0.713. The molecular weight excluding hydrogens is 378 g/mol. The first-order valence-corrected chi connectivity index (χ1v) is 9.83. The summed E-state index contributed by atoms with van der Waals surface area (Å²) in [6.07, 6.45) is 0.392. The Morgan fingerprint density at radius 1 is 1.32 bits per heavy atom. The maximum absolute atomic E-state index is 13.1. The van der Waals surface area contributed by atoms with Crippen LogP contribution in [-0.4, -0.2) is 58.5 Å². The number of carbonyl (C=O) groups is 2. The summed E-state index contributed by atoms with van der Waals surface area (Å²) in [4.78, 5) is 27.9. The van der Waals surface area contributed by atoms with E-state index < -0.39 is 11.4 Å². The summed E-state index contributed by atoms with van der Waals surface area (Å²) in [7, 11) is 1.49. The maximum atomic E-state index is 13.1. The van der Waals surface area contributed by atoms with E-state index in [1.165, 1.54) is 18.4 Å². The number of hydrogen-bond donors (Lipinski definition) is 1. The minimum Gasteiger partial charge on any atom is -0.481 e. The molecule has 7 nitrogen and oxygen atoms in total. The summed E-state index contributed by atoms with van der Waals surface area (Å²) in [5.41, 5.74) is 0.764. The van der Waals surface area contributed by atoms with Gasteiger partial charge in [-0.25, -0.2) is 4.68 Å². The van der Waals surface area contributed by atoms with Gasteiger partial charge in [-0.1, -0.05) is 18.2 Å². The van der Waals surface area contributed by atoms with Crippen LogP contribution in [0.5, 0.6) is 0 Å². The summed E-state index contributed by atoms with van der Waals surface area (Å²) in [6, 6.07) is 11.6. The Morgan fingerprint density at radius 3 is 2.75 bits per heavy atom. The van der Waals surface area contributed by atoms with Crippen molar-refractivity contribution in [3.8, 4) is 5.69 Å². The molecule has 0 bridgehead atoms. The number of carboxylic acids is 1. The topological polar surface area (TPSA) is 84.7 Å². The molecule has 1 atom stereocenters. The molecule has 146 valence electrons. The van der Waals surface area contributed by atoms with Crippen molar-refractivity contribution in [1.82, 2.24) is 14.7 Å². The number of fused-ring (bicyclic) bond motifs is 1. The van der Waals surface area contributed by atoms with Gasteiger partial charge in [-0.2, -0.15) is 5.10 Å². The number of methoxy groups -OCH3 is 1. The van der Waals surface area contributed by atoms with E-state index in [9.17, 15) is 14.7 Å². The standard InChI is InChI=1S/C20H21N3O4S/c1-13-15-10-16(28-18(15)23(21-13)14-6-4-3-5-7-14)17(24)22-9-8-20(11-22,12-27-2)19(25)26/h3-7,10H,8-9,11-12H2,1-2H3,(H,25,26). The van der Waals surface area contributed by atoms with Crippen LogP contribution in [0.2, 0.25) is 0 Å². The summed E-state index contributed by atoms with van der Waals surface area (Å²) < 4.78 is 6.96. The molecule has 0 saturated carbocycles. The Labute approximate surface area is 166 Å². The van der Waals surface area contributed by atoms with Gasteiger partial charge in [-0.15, -0.1) is 11.3 Å². The third-order valence-corrected chi connectivity index (χ3v) is 6.37. The number of benzene rings is 1. The molecule has 1 N–H and O–H groups in total. The van der Waals surface area contributed by atoms with E-state index in [4.69, 9.17) is 4.74 Å². The van der Waals surface area contributed by atoms with E-state index in [0.717, 1.165) is 21.6 Å². The number of ether oxygens (including phenoxy) is 1. The highest BCUT2D eigenvalue weighted by atomic mass is 32.1. The second kappa shape index (κ2) is 7.03. The predicted molar refractivity (Wildman–Crippen MR) is 106 cm³/mol. The monoisotopic (exact) mass is 399 g/mol. The summed E-state index contributed by atoms with van der Waals surface area (Å²) in [6.45, 7) is 2.59. The Morgan fingerprint density at radius 2 is 2.07 bits per heavy atom. The molecule has 1 aliphatic rings. The Hall–Kier alpha value is -2.71. The van der Waals surface area contributed by atoms with Crippen LogP contribution in [-0.2, 0) is 9.53 Å². The average Bonchev–Trinajstić information content (AvgIpc) is 3.38. The SMILES string of the molecule is COCC1(C(=O)O)CCN(C(=O)c2cc3c(C)nn(-c4ccccc4)c3s2)C1. The number of aromatic nitrogens is 2. The first-order valence-electron chi connectivity index (χ1n) is 9.01. The third kappa shape index (κ3) is 2.98. The fourth-order valence-corrected chi connectivity index (χ4v) is 4.88. The number of para-hydroxylation sites is 1. The molecule has 0 spiro atoms. The van der Waals surface area contributed by atoms with Crippen LogP contribution < -0.4 is 0 Å². The van der Waals surface area contributed by atoms with Crippen molar-refractivity contribution in [1.29, 1.82) is 0 Å². The molecule has 1 aromatic carbocycles. The maximum Gasteiger partial charge on any atom is 0.313 e. The largest absolute Gasteiger partial charge is 0.481 e. The first kappa shape index (κ1) is 18.6. The lowest BCUT2D eigenvalue weighted by atomic mass is 9.88. The second-order valence-corrected chi connectivity index (χ2v) is 8.19. The Kier molecular flexibility index (Phi) is 4.68. The number of nitrogens with zero attached hydrogens (tertiary/aromatic N) is 3. The van der Waals surface area contributed by atoms with E-state index in [1.807, 2.05) is 48.0 Å². The van der Waals surface area contributed by atoms with Gasteiger partial charge in [0.25, 0.3) is 5.91 Å². The van der Waals surface area contributed by atoms with Crippen molar-refractivity contribution in [3.63, 3.8) is 0 Å². The summed E-state index contributed by atoms with van der Waals surface area (Å²) >= 11 is 1.39. The average molecular weight is 399 g/mol. The van der Waals surface area contributed by atoms with Crippen LogP contribution in [0, 0.1) is 12.3 Å². The number of hydrogen-bond acceptors (Lipinski definition) is 5. The Balaban J connectivity index is 1.65. The Bertz CT molecular complexity index is 1040. The normalized spacial score (nSPS) is 19.4. The molecule has 3 heterocycles. The van der Waals surface area contributed by atoms with Gasteiger partial charge in [0.1, 0.15) is 10.2 Å². The lowest BCUT2D eigenvalue weighted by Gasteiger charge is -2.23. The number of carbonyl (C=O) groups excluding carboxylic acids is 1. The zero-order chi connectivity index (χ0) is 19.9. The molecule has 0 aliphatic carbocycles. The third-order valence-electron chi connectivity index (χ3n) is 5.27. The number of rotatable bonds is 5. The highest BCUT2D eigenvalue weighted by molar-refractivity contribution is 7.20. The van der Waals surface area contributed by atoms with E-state index in [0.29, 0.717) is 17.8 Å². The molecule has 0 radical (unpaired) electrons.